The molecule has 0 radical (unpaired) electrons. The van der Waals surface area contributed by atoms with Gasteiger partial charge in [-0.2, -0.15) is 5.10 Å². The van der Waals surface area contributed by atoms with Crippen molar-refractivity contribution in [2.24, 2.45) is 0 Å². The van der Waals surface area contributed by atoms with E-state index in [-0.39, 0.29) is 0 Å². The summed E-state index contributed by atoms with van der Waals surface area (Å²) in [5.41, 5.74) is 2.26. The van der Waals surface area contributed by atoms with Gasteiger partial charge >= 0.3 is 0 Å². The Morgan fingerprint density at radius 1 is 1.24 bits per heavy atom. The molecular formula is C13H17N3O. The lowest BCUT2D eigenvalue weighted by atomic mass is 10.3. The molecule has 0 unspecified atom stereocenters. The zero-order valence-electron chi connectivity index (χ0n) is 10.2. The van der Waals surface area contributed by atoms with Crippen molar-refractivity contribution in [3.63, 3.8) is 0 Å². The fourth-order valence-electron chi connectivity index (χ4n) is 1.70. The summed E-state index contributed by atoms with van der Waals surface area (Å²) in [6, 6.07) is 9.93. The molecule has 2 aromatic rings. The zero-order valence-corrected chi connectivity index (χ0v) is 10.2. The van der Waals surface area contributed by atoms with Crippen molar-refractivity contribution in [3.8, 4) is 5.75 Å². The Labute approximate surface area is 101 Å². The maximum Gasteiger partial charge on any atom is 0.119 e. The zero-order chi connectivity index (χ0) is 12.1. The van der Waals surface area contributed by atoms with Gasteiger partial charge in [-0.3, -0.25) is 4.68 Å². The highest BCUT2D eigenvalue weighted by molar-refractivity contribution is 5.46. The van der Waals surface area contributed by atoms with E-state index in [2.05, 4.69) is 17.3 Å². The number of methoxy groups -OCH3 is 1. The number of hydrogen-bond acceptors (Lipinski definition) is 3. The van der Waals surface area contributed by atoms with Gasteiger partial charge < -0.3 is 10.1 Å². The first-order chi connectivity index (χ1) is 8.33. The quantitative estimate of drug-likeness (QED) is 0.859. The van der Waals surface area contributed by atoms with Gasteiger partial charge in [0.2, 0.25) is 0 Å². The number of ether oxygens (including phenoxy) is 1. The van der Waals surface area contributed by atoms with Crippen molar-refractivity contribution in [2.45, 2.75) is 20.0 Å². The number of nitrogens with one attached hydrogen (secondary N) is 1. The van der Waals surface area contributed by atoms with E-state index in [1.165, 1.54) is 5.69 Å². The second-order valence-electron chi connectivity index (χ2n) is 3.72. The third kappa shape index (κ3) is 2.78. The Balaban J connectivity index is 1.97. The molecule has 0 atom stereocenters. The number of anilines is 1. The molecule has 0 amide bonds. The smallest absolute Gasteiger partial charge is 0.119 e. The third-order valence-corrected chi connectivity index (χ3v) is 2.67. The van der Waals surface area contributed by atoms with Gasteiger partial charge in [0.15, 0.2) is 0 Å². The van der Waals surface area contributed by atoms with Crippen LogP contribution in [0.2, 0.25) is 0 Å². The molecule has 1 heterocycles. The van der Waals surface area contributed by atoms with Crippen molar-refractivity contribution < 1.29 is 4.74 Å². The number of rotatable bonds is 5. The minimum atomic E-state index is 0.778. The maximum atomic E-state index is 5.11. The van der Waals surface area contributed by atoms with E-state index in [4.69, 9.17) is 4.74 Å². The molecule has 4 heteroatoms. The summed E-state index contributed by atoms with van der Waals surface area (Å²) in [6.07, 6.45) is 1.83. The third-order valence-electron chi connectivity index (χ3n) is 2.67. The van der Waals surface area contributed by atoms with Crippen molar-refractivity contribution >= 4 is 5.69 Å². The Hall–Kier alpha value is -1.97. The highest BCUT2D eigenvalue weighted by Gasteiger charge is 2.00. The first-order valence-electron chi connectivity index (χ1n) is 5.72. The van der Waals surface area contributed by atoms with Crippen LogP contribution in [0, 0.1) is 0 Å². The van der Waals surface area contributed by atoms with Crippen LogP contribution in [-0.2, 0) is 13.1 Å². The Bertz CT molecular complexity index is 462. The van der Waals surface area contributed by atoms with Crippen LogP contribution in [0.15, 0.2) is 36.5 Å². The van der Waals surface area contributed by atoms with Gasteiger partial charge in [-0.1, -0.05) is 0 Å². The molecule has 1 aromatic heterocycles. The van der Waals surface area contributed by atoms with E-state index in [1.807, 2.05) is 41.2 Å². The summed E-state index contributed by atoms with van der Waals surface area (Å²) in [5.74, 6) is 0.870. The second-order valence-corrected chi connectivity index (χ2v) is 3.72. The van der Waals surface area contributed by atoms with E-state index in [0.29, 0.717) is 0 Å². The molecule has 0 saturated heterocycles. The van der Waals surface area contributed by atoms with Crippen LogP contribution < -0.4 is 10.1 Å². The molecule has 0 bridgehead atoms. The van der Waals surface area contributed by atoms with Gasteiger partial charge in [-0.05, 0) is 37.3 Å². The molecule has 1 aromatic carbocycles. The molecular weight excluding hydrogens is 214 g/mol. The van der Waals surface area contributed by atoms with Crippen LogP contribution >= 0.6 is 0 Å². The number of hydrogen-bond donors (Lipinski definition) is 1. The Morgan fingerprint density at radius 3 is 2.65 bits per heavy atom. The van der Waals surface area contributed by atoms with Crippen molar-refractivity contribution in [2.75, 3.05) is 12.4 Å². The summed E-state index contributed by atoms with van der Waals surface area (Å²) >= 11 is 0. The molecule has 4 nitrogen and oxygen atoms in total. The lowest BCUT2D eigenvalue weighted by Crippen LogP contribution is -2.07. The number of aromatic nitrogens is 2. The van der Waals surface area contributed by atoms with Crippen LogP contribution in [0.25, 0.3) is 0 Å². The highest BCUT2D eigenvalue weighted by Crippen LogP contribution is 2.15. The lowest BCUT2D eigenvalue weighted by molar-refractivity contribution is 0.415. The summed E-state index contributed by atoms with van der Waals surface area (Å²) in [5, 5.41) is 7.59. The van der Waals surface area contributed by atoms with Gasteiger partial charge in [-0.15, -0.1) is 0 Å². The molecule has 0 saturated carbocycles. The molecule has 2 rings (SSSR count). The van der Waals surface area contributed by atoms with E-state index in [9.17, 15) is 0 Å². The molecule has 0 fully saturated rings. The molecule has 0 spiro atoms. The topological polar surface area (TPSA) is 39.1 Å². The van der Waals surface area contributed by atoms with Crippen LogP contribution in [0.4, 0.5) is 5.69 Å². The first-order valence-corrected chi connectivity index (χ1v) is 5.72. The predicted octanol–water partition coefficient (Wildman–Crippen LogP) is 2.52. The highest BCUT2D eigenvalue weighted by atomic mass is 16.5. The fraction of sp³-hybridized carbons (Fsp3) is 0.308. The monoisotopic (exact) mass is 231 g/mol. The fourth-order valence-corrected chi connectivity index (χ4v) is 1.70. The van der Waals surface area contributed by atoms with Gasteiger partial charge in [-0.25, -0.2) is 0 Å². The molecule has 0 aliphatic heterocycles. The largest absolute Gasteiger partial charge is 0.497 e. The van der Waals surface area contributed by atoms with Crippen molar-refractivity contribution in [1.29, 1.82) is 0 Å². The SMILES string of the molecule is CCn1nccc1CNc1ccc(OC)cc1. The second kappa shape index (κ2) is 5.39. The summed E-state index contributed by atoms with van der Waals surface area (Å²) < 4.78 is 7.10. The normalized spacial score (nSPS) is 10.2. The standard InChI is InChI=1S/C13H17N3O/c1-3-16-12(8-9-15-16)10-14-11-4-6-13(17-2)7-5-11/h4-9,14H,3,10H2,1-2H3. The number of aryl methyl sites for hydroxylation is 1. The molecule has 1 N–H and O–H groups in total. The Kier molecular flexibility index (Phi) is 3.65. The van der Waals surface area contributed by atoms with Crippen LogP contribution in [-0.4, -0.2) is 16.9 Å². The first kappa shape index (κ1) is 11.5. The summed E-state index contributed by atoms with van der Waals surface area (Å²) in [7, 11) is 1.67. The van der Waals surface area contributed by atoms with Gasteiger partial charge in [0.1, 0.15) is 5.75 Å². The molecule has 17 heavy (non-hydrogen) atoms. The minimum Gasteiger partial charge on any atom is -0.497 e. The Morgan fingerprint density at radius 2 is 2.00 bits per heavy atom. The van der Waals surface area contributed by atoms with Crippen LogP contribution in [0.1, 0.15) is 12.6 Å². The predicted molar refractivity (Wildman–Crippen MR) is 68.2 cm³/mol. The van der Waals surface area contributed by atoms with Crippen LogP contribution in [0.3, 0.4) is 0 Å². The van der Waals surface area contributed by atoms with Crippen molar-refractivity contribution in [1.82, 2.24) is 9.78 Å². The molecule has 0 aliphatic rings. The van der Waals surface area contributed by atoms with Gasteiger partial charge in [0.25, 0.3) is 0 Å². The van der Waals surface area contributed by atoms with E-state index in [0.717, 1.165) is 24.5 Å². The number of benzene rings is 1. The minimum absolute atomic E-state index is 0.778. The summed E-state index contributed by atoms with van der Waals surface area (Å²) in [4.78, 5) is 0. The lowest BCUT2D eigenvalue weighted by Gasteiger charge is -2.08. The molecule has 0 aliphatic carbocycles. The van der Waals surface area contributed by atoms with Gasteiger partial charge in [0, 0.05) is 18.4 Å². The van der Waals surface area contributed by atoms with E-state index >= 15 is 0 Å². The van der Waals surface area contributed by atoms with Gasteiger partial charge in [0.05, 0.1) is 19.3 Å². The average molecular weight is 231 g/mol. The van der Waals surface area contributed by atoms with Crippen LogP contribution in [0.5, 0.6) is 5.75 Å². The van der Waals surface area contributed by atoms with Crippen molar-refractivity contribution in [3.05, 3.63) is 42.2 Å². The average Bonchev–Trinajstić information content (AvgIpc) is 2.84. The maximum absolute atomic E-state index is 5.11. The number of nitrogens with zero attached hydrogens (tertiary/aromatic N) is 2. The molecule has 90 valence electrons. The summed E-state index contributed by atoms with van der Waals surface area (Å²) in [6.45, 7) is 3.76. The van der Waals surface area contributed by atoms with E-state index < -0.39 is 0 Å². The van der Waals surface area contributed by atoms with E-state index in [1.54, 1.807) is 7.11 Å².